The topological polar surface area (TPSA) is 668 Å². The molecular formula is C97H137N23O21S. The maximum atomic E-state index is 16.3. The highest BCUT2D eigenvalue weighted by Crippen LogP contribution is 2.34. The Morgan fingerprint density at radius 3 is 1.79 bits per heavy atom. The largest absolute Gasteiger partial charge is 0.508 e. The number of aromatic nitrogens is 2. The van der Waals surface area contributed by atoms with Gasteiger partial charge in [-0.1, -0.05) is 109 Å². The van der Waals surface area contributed by atoms with Crippen LogP contribution in [0.3, 0.4) is 0 Å². The number of nitrogens with two attached hydrogens (primary N) is 4. The first kappa shape index (κ1) is 112. The minimum atomic E-state index is -1.94. The highest BCUT2D eigenvalue weighted by atomic mass is 32.2. The first-order valence-corrected chi connectivity index (χ1v) is 49.1. The number of aliphatic hydroxyl groups is 2. The van der Waals surface area contributed by atoms with Crippen molar-refractivity contribution in [1.82, 2.24) is 93.0 Å². The number of nitrogens with one attached hydrogen (secondary N) is 14. The molecule has 0 spiro atoms. The van der Waals surface area contributed by atoms with E-state index in [1.165, 1.54) is 52.3 Å². The Hall–Kier alpha value is -14.0. The molecule has 45 heteroatoms. The van der Waals surface area contributed by atoms with Crippen molar-refractivity contribution < 1.29 is 102 Å². The number of thioether (sulfide) groups is 1. The van der Waals surface area contributed by atoms with Gasteiger partial charge in [-0.15, -0.1) is 11.8 Å². The quantitative estimate of drug-likeness (QED) is 0.0145. The molecular weight excluding hydrogens is 1860 g/mol. The number of fused-ring (bicyclic) bond motifs is 4. The maximum Gasteiger partial charge on any atom is 0.246 e. The summed E-state index contributed by atoms with van der Waals surface area (Å²) >= 11 is 0.757. The normalized spacial score (nSPS) is 24.1. The maximum absolute atomic E-state index is 16.3. The molecule has 3 aliphatic rings. The van der Waals surface area contributed by atoms with E-state index in [0.29, 0.717) is 87.8 Å². The number of amides is 17. The first-order valence-electron chi connectivity index (χ1n) is 48.0. The van der Waals surface area contributed by atoms with Crippen LogP contribution < -0.4 is 86.2 Å². The number of para-hydroxylation sites is 2. The Morgan fingerprint density at radius 2 is 1.14 bits per heavy atom. The Balaban J connectivity index is 1.13. The number of primary amides is 2. The Labute approximate surface area is 827 Å². The predicted molar refractivity (Wildman–Crippen MR) is 528 cm³/mol. The number of carbonyl (C=O) groups excluding carboxylic acids is 17. The number of carbonyl (C=O) groups is 17. The van der Waals surface area contributed by atoms with Gasteiger partial charge in [0.15, 0.2) is 5.96 Å². The van der Waals surface area contributed by atoms with Gasteiger partial charge in [0, 0.05) is 112 Å². The molecule has 3 saturated heterocycles. The highest BCUT2D eigenvalue weighted by molar-refractivity contribution is 8.00. The smallest absolute Gasteiger partial charge is 0.246 e. The van der Waals surface area contributed by atoms with Crippen LogP contribution in [0.4, 0.5) is 0 Å². The van der Waals surface area contributed by atoms with Crippen LogP contribution in [0.5, 0.6) is 11.5 Å². The summed E-state index contributed by atoms with van der Waals surface area (Å²) in [6.07, 6.45) is 0.0558. The van der Waals surface area contributed by atoms with Crippen molar-refractivity contribution in [2.24, 2.45) is 28.9 Å². The number of hydrogen-bond donors (Lipinski definition) is 21. The summed E-state index contributed by atoms with van der Waals surface area (Å²) in [6.45, 7) is 7.70. The summed E-state index contributed by atoms with van der Waals surface area (Å²) in [5.41, 5.74) is 26.7. The number of aliphatic hydroxyl groups excluding tert-OH is 2. The number of benzene rings is 4. The van der Waals surface area contributed by atoms with E-state index < -0.39 is 248 Å². The Bertz CT molecular complexity index is 5470. The summed E-state index contributed by atoms with van der Waals surface area (Å²) in [6, 6.07) is 4.58. The molecule has 4 aromatic carbocycles. The monoisotopic (exact) mass is 1990 g/mol. The average Bonchev–Trinajstić information content (AvgIpc) is 1.61. The van der Waals surface area contributed by atoms with Crippen LogP contribution in [0.15, 0.2) is 103 Å². The van der Waals surface area contributed by atoms with Crippen LogP contribution in [0, 0.1) is 11.3 Å². The van der Waals surface area contributed by atoms with E-state index in [0.717, 1.165) is 42.7 Å². The van der Waals surface area contributed by atoms with Crippen LogP contribution in [-0.4, -0.2) is 325 Å². The van der Waals surface area contributed by atoms with Crippen molar-refractivity contribution >= 4 is 140 Å². The van der Waals surface area contributed by atoms with Crippen LogP contribution in [0.1, 0.15) is 148 Å². The minimum Gasteiger partial charge on any atom is -0.508 e. The van der Waals surface area contributed by atoms with Gasteiger partial charge in [0.05, 0.1) is 38.0 Å². The molecule has 6 aromatic rings. The molecule has 2 aromatic heterocycles. The number of aromatic hydroxyl groups is 1. The molecule has 0 aliphatic carbocycles. The number of ether oxygens (including phenoxy) is 1. The first-order chi connectivity index (χ1) is 67.7. The van der Waals surface area contributed by atoms with Crippen molar-refractivity contribution in [3.63, 3.8) is 0 Å². The molecule has 15 atom stereocenters. The molecule has 3 fully saturated rings. The zero-order valence-electron chi connectivity index (χ0n) is 81.6. The third kappa shape index (κ3) is 30.8. The molecule has 17 amide bonds. The van der Waals surface area contributed by atoms with Crippen LogP contribution in [0.2, 0.25) is 0 Å². The van der Waals surface area contributed by atoms with E-state index in [4.69, 9.17) is 33.1 Å². The molecule has 25 N–H and O–H groups in total. The third-order valence-electron chi connectivity index (χ3n) is 25.3. The lowest BCUT2D eigenvalue weighted by Crippen LogP contribution is -2.62. The predicted octanol–water partition coefficient (Wildman–Crippen LogP) is -1.48. The minimum absolute atomic E-state index is 0.0216. The van der Waals surface area contributed by atoms with E-state index in [9.17, 15) is 58.5 Å². The van der Waals surface area contributed by atoms with E-state index >= 15 is 38.4 Å². The Kier molecular flexibility index (Phi) is 42.2. The molecule has 0 saturated carbocycles. The lowest BCUT2D eigenvalue weighted by Gasteiger charge is -2.36. The molecule has 44 nitrogen and oxygen atoms in total. The molecule has 0 radical (unpaired) electrons. The van der Waals surface area contributed by atoms with Crippen molar-refractivity contribution in [2.45, 2.75) is 241 Å². The number of guanidine groups is 1. The zero-order chi connectivity index (χ0) is 104. The van der Waals surface area contributed by atoms with Crippen molar-refractivity contribution in [1.29, 1.82) is 5.41 Å². The molecule has 0 bridgehead atoms. The van der Waals surface area contributed by atoms with Gasteiger partial charge in [-0.25, -0.2) is 0 Å². The van der Waals surface area contributed by atoms with Crippen LogP contribution in [0.25, 0.3) is 33.1 Å². The second-order valence-electron chi connectivity index (χ2n) is 36.5. The van der Waals surface area contributed by atoms with E-state index in [2.05, 4.69) is 68.5 Å². The van der Waals surface area contributed by atoms with E-state index in [1.54, 1.807) is 86.8 Å². The Morgan fingerprint density at radius 1 is 0.563 bits per heavy atom. The van der Waals surface area contributed by atoms with Gasteiger partial charge in [-0.2, -0.15) is 0 Å². The summed E-state index contributed by atoms with van der Waals surface area (Å²) in [5.74, 6) is -17.8. The number of rotatable bonds is 29. The van der Waals surface area contributed by atoms with E-state index in [-0.39, 0.29) is 89.0 Å². The number of likely N-dealkylation sites (N-methyl/N-ethyl adjacent to an activating group) is 3. The van der Waals surface area contributed by atoms with Gasteiger partial charge in [-0.05, 0) is 135 Å². The van der Waals surface area contributed by atoms with Gasteiger partial charge in [0.1, 0.15) is 96.1 Å². The fraction of sp³-hybridized carbons (Fsp3) is 0.526. The number of phenols is 1. The molecule has 9 rings (SSSR count). The number of H-pyrrole nitrogens is 2. The number of phenolic OH excluding ortho intramolecular Hbond substituents is 1. The average molecular weight is 1990 g/mol. The van der Waals surface area contributed by atoms with Crippen molar-refractivity contribution in [2.75, 3.05) is 78.6 Å². The number of nitrogens with zero attached hydrogens (tertiary/aromatic N) is 5. The number of unbranched alkanes of at least 4 members (excludes halogenated alkanes) is 2. The lowest BCUT2D eigenvalue weighted by atomic mass is 9.96. The second-order valence-corrected chi connectivity index (χ2v) is 37.5. The standard InChI is InChI=1S/C97H137N23O21S/c1-10-13-26-75-89(133)108-66(25-19-37-103-97(101)102)85(129)115-74(84(128)105-48-80(100)125)51-142-52-81(126)106-69(41-55-29-33-58(122)34-30-55)92(136)116(7)54(6)83(127)110-71(45-79(99)124)94(138)119-38-20-28-76(119)90(134)113-72(46-98)87(131)111-68(40-53(4)5)95(139)120-49-59(123)43-78(120)91(135)109-67(42-57-47-104-64-23-17-15-21-61(57)64)86(130)114-73(50-121)88(132)112-70(93(137)118(9)77(27-14-11-2)96(140)117(75)8)44-63-62-22-16-18-24-65(62)107-82(63)56-31-35-60(36-32-56)141-39-12-3/h15-18,21-24,29-36,47,53-54,59,66-78,104,107,121-123H,10-14,19-20,25-28,37-46,48-52,98H2,1-9H3,(H2,99,124)(H2,100,125)(H,105,128)(H,106,126)(H,108,133)(H,109,135)(H,110,127)(H,111,131)(H,112,132)(H,113,134)(H,114,130)(H,115,129)(H4,101,102,103)/t54-,59+,66?,67-,68-,69-,70-,71-,72-,73-,74-,75-,76-,77-,78?/m0/s1. The molecule has 3 aliphatic heterocycles. The van der Waals surface area contributed by atoms with Gasteiger partial charge in [0.25, 0.3) is 0 Å². The van der Waals surface area contributed by atoms with Gasteiger partial charge in [-0.3, -0.25) is 86.9 Å². The highest BCUT2D eigenvalue weighted by Gasteiger charge is 2.47. The third-order valence-corrected chi connectivity index (χ3v) is 26.4. The van der Waals surface area contributed by atoms with Crippen LogP contribution in [-0.2, 0) is 101 Å². The number of hydrogen-bond acceptors (Lipinski definition) is 24. The fourth-order valence-corrected chi connectivity index (χ4v) is 18.3. The van der Waals surface area contributed by atoms with Gasteiger partial charge in [0.2, 0.25) is 100 Å². The lowest BCUT2D eigenvalue weighted by molar-refractivity contribution is -0.149. The summed E-state index contributed by atoms with van der Waals surface area (Å²) in [5, 5.41) is 71.2. The second kappa shape index (κ2) is 53.6. The summed E-state index contributed by atoms with van der Waals surface area (Å²) in [4.78, 5) is 263. The number of aromatic amines is 2. The van der Waals surface area contributed by atoms with E-state index in [1.807, 2.05) is 26.8 Å². The van der Waals surface area contributed by atoms with Crippen molar-refractivity contribution in [3.8, 4) is 22.8 Å². The molecule has 2 unspecified atom stereocenters. The zero-order valence-corrected chi connectivity index (χ0v) is 82.4. The van der Waals surface area contributed by atoms with Crippen molar-refractivity contribution in [3.05, 3.63) is 120 Å². The molecule has 5 heterocycles. The summed E-state index contributed by atoms with van der Waals surface area (Å²) < 4.78 is 5.95. The molecule has 142 heavy (non-hydrogen) atoms. The SMILES string of the molecule is CCCC[C@H]1C(=O)N(C)[C@@H](CCCC)C(=O)NC(CCCNC(=N)N)C(=O)N[C@H](C(=O)NCC(N)=O)CSCC(=O)N[C@@H](Cc2ccc(O)cc2)C(=O)N(C)[C@@H](C)C(=O)N[C@@H](CC(N)=O)C(=O)N2CCC[C@H]2C(=O)N[C@@H](CN)C(=O)N[C@@H](CC(C)C)C(=O)N2C[C@H](O)CC2C(=O)N[C@@H](Cc2c[nH]c3ccccc23)C(=O)N[C@@H](CO)C(=O)N[C@@H](Cc2c(-c3ccc(OCCC)cc3)[nH]c3ccccc23)C(=O)N1C. The molecule has 772 valence electrons. The van der Waals surface area contributed by atoms with Gasteiger partial charge >= 0.3 is 0 Å². The van der Waals surface area contributed by atoms with Gasteiger partial charge < -0.3 is 136 Å². The van der Waals surface area contributed by atoms with Crippen LogP contribution >= 0.6 is 11.8 Å². The fourth-order valence-electron chi connectivity index (χ4n) is 17.5. The summed E-state index contributed by atoms with van der Waals surface area (Å²) in [7, 11) is 3.91.